The molecule has 0 aromatic heterocycles. The van der Waals surface area contributed by atoms with Crippen molar-refractivity contribution in [1.29, 1.82) is 0 Å². The number of hydrogen-bond donors (Lipinski definition) is 3. The summed E-state index contributed by atoms with van der Waals surface area (Å²) in [7, 11) is 0. The summed E-state index contributed by atoms with van der Waals surface area (Å²) in [6.07, 6.45) is 8.98. The second kappa shape index (κ2) is 11.1. The lowest BCUT2D eigenvalue weighted by molar-refractivity contribution is -0.127. The van der Waals surface area contributed by atoms with Gasteiger partial charge in [-0.2, -0.15) is 0 Å². The van der Waals surface area contributed by atoms with Crippen molar-refractivity contribution in [2.45, 2.75) is 50.5 Å². The molecular weight excluding hydrogens is 382 g/mol. The van der Waals surface area contributed by atoms with Gasteiger partial charge >= 0.3 is 0 Å². The van der Waals surface area contributed by atoms with E-state index in [2.05, 4.69) is 22.4 Å². The first kappa shape index (κ1) is 22.3. The number of aliphatic hydroxyl groups is 1. The number of rotatable bonds is 11. The maximum atomic E-state index is 12.9. The molecule has 0 radical (unpaired) electrons. The highest BCUT2D eigenvalue weighted by Gasteiger charge is 2.43. The lowest BCUT2D eigenvalue weighted by atomic mass is 9.89. The van der Waals surface area contributed by atoms with Crippen molar-refractivity contribution in [3.05, 3.63) is 42.5 Å². The number of aliphatic imine (C=N–C) groups is 1. The number of benzene rings is 1. The van der Waals surface area contributed by atoms with Crippen molar-refractivity contribution < 1.29 is 19.4 Å². The van der Waals surface area contributed by atoms with Gasteiger partial charge in [-0.15, -0.1) is 6.58 Å². The van der Waals surface area contributed by atoms with E-state index in [0.29, 0.717) is 37.0 Å². The van der Waals surface area contributed by atoms with Crippen LogP contribution in [0.1, 0.15) is 50.5 Å². The van der Waals surface area contributed by atoms with Crippen LogP contribution >= 0.6 is 0 Å². The predicted molar refractivity (Wildman–Crippen MR) is 116 cm³/mol. The highest BCUT2D eigenvalue weighted by Crippen LogP contribution is 2.27. The van der Waals surface area contributed by atoms with Gasteiger partial charge in [-0.3, -0.25) is 10.2 Å². The molecule has 1 saturated carbocycles. The van der Waals surface area contributed by atoms with Gasteiger partial charge in [0.25, 0.3) is 5.91 Å². The van der Waals surface area contributed by atoms with Crippen molar-refractivity contribution in [2.24, 2.45) is 10.9 Å². The van der Waals surface area contributed by atoms with Gasteiger partial charge in [0, 0.05) is 31.6 Å². The van der Waals surface area contributed by atoms with Crippen molar-refractivity contribution in [3.63, 3.8) is 0 Å². The molecule has 1 aliphatic carbocycles. The summed E-state index contributed by atoms with van der Waals surface area (Å²) in [4.78, 5) is 17.6. The third kappa shape index (κ3) is 5.83. The normalized spacial score (nSPS) is 21.6. The number of nitrogens with zero attached hydrogens (tertiary/aromatic N) is 1. The molecule has 1 fully saturated rings. The standard InChI is InChI=1S/C23H33N3O4/c1-2-13-23(22(28)26-24-16-18-7-4-3-5-8-18)17-30-21(25-23)19-9-11-20(12-10-19)29-15-6-14-27/h2,9-12,18,24,27H,1,3-8,13-17H2,(H,26,28)/t23-/m0/s1. The van der Waals surface area contributed by atoms with Gasteiger partial charge in [-0.05, 0) is 43.0 Å². The van der Waals surface area contributed by atoms with E-state index in [1.165, 1.54) is 32.1 Å². The minimum absolute atomic E-state index is 0.103. The van der Waals surface area contributed by atoms with Crippen LogP contribution in [0, 0.1) is 5.92 Å². The van der Waals surface area contributed by atoms with Crippen molar-refractivity contribution in [2.75, 3.05) is 26.4 Å². The molecule has 1 aromatic carbocycles. The Morgan fingerprint density at radius 1 is 1.30 bits per heavy atom. The van der Waals surface area contributed by atoms with E-state index in [1.807, 2.05) is 24.3 Å². The lowest BCUT2D eigenvalue weighted by Gasteiger charge is -2.25. The summed E-state index contributed by atoms with van der Waals surface area (Å²) in [5, 5.41) is 8.83. The highest BCUT2D eigenvalue weighted by molar-refractivity contribution is 6.00. The van der Waals surface area contributed by atoms with Crippen molar-refractivity contribution in [3.8, 4) is 5.75 Å². The zero-order chi connectivity index (χ0) is 21.2. The molecule has 1 amide bonds. The fraction of sp³-hybridized carbons (Fsp3) is 0.565. The Bertz CT molecular complexity index is 728. The molecule has 1 aliphatic heterocycles. The number of nitrogens with one attached hydrogen (secondary N) is 2. The maximum Gasteiger partial charge on any atom is 0.266 e. The zero-order valence-corrected chi connectivity index (χ0v) is 17.6. The van der Waals surface area contributed by atoms with Crippen LogP contribution in [0.2, 0.25) is 0 Å². The minimum atomic E-state index is -1.01. The van der Waals surface area contributed by atoms with Crippen LogP contribution in [0.15, 0.2) is 41.9 Å². The van der Waals surface area contributed by atoms with Gasteiger partial charge in [0.2, 0.25) is 5.90 Å². The Morgan fingerprint density at radius 2 is 2.07 bits per heavy atom. The first-order valence-electron chi connectivity index (χ1n) is 10.9. The fourth-order valence-corrected chi connectivity index (χ4v) is 3.88. The van der Waals surface area contributed by atoms with Crippen LogP contribution in [0.25, 0.3) is 0 Å². The fourth-order valence-electron chi connectivity index (χ4n) is 3.88. The van der Waals surface area contributed by atoms with Gasteiger partial charge in [-0.1, -0.05) is 25.3 Å². The Kier molecular flexibility index (Phi) is 8.28. The number of carbonyl (C=O) groups excluding carboxylic acids is 1. The number of hydrazine groups is 1. The van der Waals surface area contributed by atoms with E-state index >= 15 is 0 Å². The van der Waals surface area contributed by atoms with Crippen molar-refractivity contribution >= 4 is 11.8 Å². The first-order chi connectivity index (χ1) is 14.7. The molecular formula is C23H33N3O4. The second-order valence-electron chi connectivity index (χ2n) is 8.02. The summed E-state index contributed by atoms with van der Waals surface area (Å²) >= 11 is 0. The second-order valence-corrected chi connectivity index (χ2v) is 8.02. The molecule has 164 valence electrons. The Balaban J connectivity index is 1.60. The summed E-state index contributed by atoms with van der Waals surface area (Å²) in [5.74, 6) is 1.58. The molecule has 1 atom stereocenters. The summed E-state index contributed by atoms with van der Waals surface area (Å²) in [6.45, 7) is 5.32. The molecule has 2 aliphatic rings. The molecule has 3 N–H and O–H groups in total. The Labute approximate surface area is 178 Å². The number of ether oxygens (including phenoxy) is 2. The molecule has 1 heterocycles. The van der Waals surface area contributed by atoms with Gasteiger partial charge in [0.05, 0.1) is 6.61 Å². The van der Waals surface area contributed by atoms with E-state index in [1.54, 1.807) is 6.08 Å². The van der Waals surface area contributed by atoms with Gasteiger partial charge in [0.1, 0.15) is 12.4 Å². The molecule has 0 saturated heterocycles. The molecule has 0 unspecified atom stereocenters. The van der Waals surface area contributed by atoms with Crippen molar-refractivity contribution in [1.82, 2.24) is 10.9 Å². The smallest absolute Gasteiger partial charge is 0.266 e. The Morgan fingerprint density at radius 3 is 2.77 bits per heavy atom. The van der Waals surface area contributed by atoms with Gasteiger partial charge < -0.3 is 14.6 Å². The van der Waals surface area contributed by atoms with Crippen LogP contribution in [-0.4, -0.2) is 48.8 Å². The van der Waals surface area contributed by atoms with Crippen LogP contribution < -0.4 is 15.6 Å². The topological polar surface area (TPSA) is 92.2 Å². The third-order valence-electron chi connectivity index (χ3n) is 5.66. The predicted octanol–water partition coefficient (Wildman–Crippen LogP) is 2.74. The van der Waals surface area contributed by atoms with Gasteiger partial charge in [0.15, 0.2) is 5.54 Å². The molecule has 3 rings (SSSR count). The van der Waals surface area contributed by atoms with E-state index in [9.17, 15) is 4.79 Å². The van der Waals surface area contributed by atoms with Gasteiger partial charge in [-0.25, -0.2) is 10.4 Å². The summed E-state index contributed by atoms with van der Waals surface area (Å²) in [6, 6.07) is 7.38. The van der Waals surface area contributed by atoms with E-state index in [0.717, 1.165) is 12.1 Å². The van der Waals surface area contributed by atoms with Crippen LogP contribution in [0.3, 0.4) is 0 Å². The molecule has 0 bridgehead atoms. The lowest BCUT2D eigenvalue weighted by Crippen LogP contribution is -2.52. The summed E-state index contributed by atoms with van der Waals surface area (Å²) in [5.41, 5.74) is 5.73. The largest absolute Gasteiger partial charge is 0.494 e. The SMILES string of the molecule is C=CC[C@@]1(C(=O)NNCC2CCCCC2)COC(c2ccc(OCCCO)cc2)=N1. The molecule has 7 heteroatoms. The van der Waals surface area contributed by atoms with E-state index in [4.69, 9.17) is 14.6 Å². The molecule has 7 nitrogen and oxygen atoms in total. The van der Waals surface area contributed by atoms with E-state index < -0.39 is 5.54 Å². The van der Waals surface area contributed by atoms with E-state index in [-0.39, 0.29) is 19.1 Å². The first-order valence-corrected chi connectivity index (χ1v) is 10.9. The molecule has 1 aromatic rings. The summed E-state index contributed by atoms with van der Waals surface area (Å²) < 4.78 is 11.4. The number of amides is 1. The maximum absolute atomic E-state index is 12.9. The Hall–Kier alpha value is -2.38. The quantitative estimate of drug-likeness (QED) is 0.294. The number of aliphatic hydroxyl groups excluding tert-OH is 1. The van der Waals surface area contributed by atoms with Crippen LogP contribution in [0.4, 0.5) is 0 Å². The number of hydrogen-bond acceptors (Lipinski definition) is 6. The highest BCUT2D eigenvalue weighted by atomic mass is 16.5. The minimum Gasteiger partial charge on any atom is -0.494 e. The number of carbonyl (C=O) groups is 1. The zero-order valence-electron chi connectivity index (χ0n) is 17.6. The molecule has 0 spiro atoms. The van der Waals surface area contributed by atoms with Crippen LogP contribution in [-0.2, 0) is 9.53 Å². The third-order valence-corrected chi connectivity index (χ3v) is 5.66. The molecule has 30 heavy (non-hydrogen) atoms. The average molecular weight is 416 g/mol. The average Bonchev–Trinajstić information content (AvgIpc) is 3.21. The van der Waals surface area contributed by atoms with Crippen LogP contribution in [0.5, 0.6) is 5.75 Å². The monoisotopic (exact) mass is 415 g/mol.